The van der Waals surface area contributed by atoms with Gasteiger partial charge in [-0.05, 0) is 35.9 Å². The number of morpholine rings is 1. The second-order valence-corrected chi connectivity index (χ2v) is 8.18. The number of methoxy groups -OCH3 is 1. The number of nitrogens with zero attached hydrogens (tertiary/aromatic N) is 1. The molecule has 0 spiro atoms. The van der Waals surface area contributed by atoms with Crippen molar-refractivity contribution in [3.8, 4) is 5.75 Å². The molecule has 0 aliphatic carbocycles. The van der Waals surface area contributed by atoms with E-state index >= 15 is 0 Å². The quantitative estimate of drug-likeness (QED) is 0.575. The van der Waals surface area contributed by atoms with E-state index in [1.165, 1.54) is 6.07 Å². The lowest BCUT2D eigenvalue weighted by atomic mass is 10.0. The number of ether oxygens (including phenoxy) is 2. The average Bonchev–Trinajstić information content (AvgIpc) is 2.79. The van der Waals surface area contributed by atoms with Gasteiger partial charge in [0.05, 0.1) is 31.8 Å². The maximum atomic E-state index is 12.8. The van der Waals surface area contributed by atoms with E-state index in [1.54, 1.807) is 25.3 Å². The van der Waals surface area contributed by atoms with Crippen molar-refractivity contribution in [2.75, 3.05) is 40.0 Å². The summed E-state index contributed by atoms with van der Waals surface area (Å²) in [6, 6.07) is 14.1. The van der Waals surface area contributed by atoms with Gasteiger partial charge in [-0.2, -0.15) is 0 Å². The molecule has 1 atom stereocenters. The molecule has 7 nitrogen and oxygen atoms in total. The van der Waals surface area contributed by atoms with Gasteiger partial charge < -0.3 is 19.2 Å². The van der Waals surface area contributed by atoms with Crippen molar-refractivity contribution < 1.29 is 18.7 Å². The van der Waals surface area contributed by atoms with Crippen molar-refractivity contribution in [3.05, 3.63) is 74.6 Å². The number of benzene rings is 2. The van der Waals surface area contributed by atoms with Gasteiger partial charge in [-0.3, -0.25) is 14.5 Å². The van der Waals surface area contributed by atoms with Gasteiger partial charge in [0, 0.05) is 30.2 Å². The van der Waals surface area contributed by atoms with Crippen molar-refractivity contribution in [1.82, 2.24) is 10.2 Å². The van der Waals surface area contributed by atoms with Crippen LogP contribution in [-0.2, 0) is 4.74 Å². The molecule has 1 aliphatic heterocycles. The minimum Gasteiger partial charge on any atom is -0.497 e. The fourth-order valence-electron chi connectivity index (χ4n) is 3.69. The summed E-state index contributed by atoms with van der Waals surface area (Å²) in [4.78, 5) is 27.5. The van der Waals surface area contributed by atoms with Gasteiger partial charge in [-0.15, -0.1) is 0 Å². The normalized spacial score (nSPS) is 15.5. The molecule has 0 saturated carbocycles. The van der Waals surface area contributed by atoms with E-state index in [2.05, 4.69) is 26.1 Å². The van der Waals surface area contributed by atoms with E-state index in [1.807, 2.05) is 24.3 Å². The largest absolute Gasteiger partial charge is 0.497 e. The maximum Gasteiger partial charge on any atom is 0.287 e. The fourth-order valence-corrected chi connectivity index (χ4v) is 4.03. The third kappa shape index (κ3) is 4.98. The molecule has 1 fully saturated rings. The molecule has 1 aliphatic rings. The first-order valence-electron chi connectivity index (χ1n) is 10.0. The van der Waals surface area contributed by atoms with Gasteiger partial charge in [0.2, 0.25) is 0 Å². The van der Waals surface area contributed by atoms with Crippen molar-refractivity contribution in [3.63, 3.8) is 0 Å². The highest BCUT2D eigenvalue weighted by molar-refractivity contribution is 9.10. The summed E-state index contributed by atoms with van der Waals surface area (Å²) in [5.41, 5.74) is 1.18. The van der Waals surface area contributed by atoms with E-state index in [-0.39, 0.29) is 17.2 Å². The third-order valence-electron chi connectivity index (χ3n) is 5.36. The first-order valence-corrected chi connectivity index (χ1v) is 10.8. The van der Waals surface area contributed by atoms with Crippen LogP contribution in [0.5, 0.6) is 5.75 Å². The predicted octanol–water partition coefficient (Wildman–Crippen LogP) is 3.37. The maximum absolute atomic E-state index is 12.8. The lowest BCUT2D eigenvalue weighted by Crippen LogP contribution is -2.43. The lowest BCUT2D eigenvalue weighted by Gasteiger charge is -2.35. The monoisotopic (exact) mass is 486 g/mol. The van der Waals surface area contributed by atoms with Crippen molar-refractivity contribution >= 4 is 32.8 Å². The Morgan fingerprint density at radius 1 is 1.16 bits per heavy atom. The molecule has 3 aromatic rings. The lowest BCUT2D eigenvalue weighted by molar-refractivity contribution is 0.0161. The van der Waals surface area contributed by atoms with Crippen LogP contribution in [0.4, 0.5) is 0 Å². The van der Waals surface area contributed by atoms with Crippen LogP contribution in [-0.4, -0.2) is 50.8 Å². The van der Waals surface area contributed by atoms with Crippen LogP contribution in [0.3, 0.4) is 0 Å². The van der Waals surface area contributed by atoms with Crippen LogP contribution in [0.25, 0.3) is 11.0 Å². The molecule has 31 heavy (non-hydrogen) atoms. The van der Waals surface area contributed by atoms with Gasteiger partial charge in [0.1, 0.15) is 11.3 Å². The van der Waals surface area contributed by atoms with Crippen molar-refractivity contribution in [1.29, 1.82) is 0 Å². The number of hydrogen-bond donors (Lipinski definition) is 1. The SMILES string of the molecule is COc1ccc(C(CNC(=O)c2cc(=O)c3ccc(Br)cc3o2)N2CCOCC2)cc1. The van der Waals surface area contributed by atoms with Crippen LogP contribution in [0.1, 0.15) is 22.2 Å². The van der Waals surface area contributed by atoms with E-state index in [0.717, 1.165) is 28.9 Å². The highest BCUT2D eigenvalue weighted by Gasteiger charge is 2.24. The second-order valence-electron chi connectivity index (χ2n) is 7.26. The van der Waals surface area contributed by atoms with Crippen molar-refractivity contribution in [2.24, 2.45) is 0 Å². The molecule has 2 heterocycles. The number of halogens is 1. The van der Waals surface area contributed by atoms with Crippen LogP contribution >= 0.6 is 15.9 Å². The molecule has 1 N–H and O–H groups in total. The summed E-state index contributed by atoms with van der Waals surface area (Å²) < 4.78 is 17.2. The number of amides is 1. The van der Waals surface area contributed by atoms with E-state index in [4.69, 9.17) is 13.9 Å². The Morgan fingerprint density at radius 2 is 1.90 bits per heavy atom. The van der Waals surface area contributed by atoms with Crippen LogP contribution in [0, 0.1) is 0 Å². The van der Waals surface area contributed by atoms with Crippen LogP contribution < -0.4 is 15.5 Å². The molecule has 2 aromatic carbocycles. The topological polar surface area (TPSA) is 81.0 Å². The van der Waals surface area contributed by atoms with Gasteiger partial charge in [0.15, 0.2) is 11.2 Å². The zero-order valence-electron chi connectivity index (χ0n) is 17.1. The van der Waals surface area contributed by atoms with E-state index in [9.17, 15) is 9.59 Å². The van der Waals surface area contributed by atoms with Gasteiger partial charge in [-0.1, -0.05) is 28.1 Å². The molecule has 1 amide bonds. The Kier molecular flexibility index (Phi) is 6.70. The molecular formula is C23H23BrN2O5. The molecule has 1 unspecified atom stereocenters. The summed E-state index contributed by atoms with van der Waals surface area (Å²) in [6.07, 6.45) is 0. The Balaban J connectivity index is 1.55. The molecule has 1 saturated heterocycles. The minimum absolute atomic E-state index is 0.00828. The molecular weight excluding hydrogens is 464 g/mol. The highest BCUT2D eigenvalue weighted by atomic mass is 79.9. The zero-order valence-corrected chi connectivity index (χ0v) is 18.7. The summed E-state index contributed by atoms with van der Waals surface area (Å²) in [5.74, 6) is 0.342. The standard InChI is InChI=1S/C23H23BrN2O5/c1-29-17-5-2-15(3-6-17)19(26-8-10-30-11-9-26)14-25-23(28)22-13-20(27)18-7-4-16(24)12-21(18)31-22/h2-7,12-13,19H,8-11,14H2,1H3,(H,25,28). The molecule has 1 aromatic heterocycles. The van der Waals surface area contributed by atoms with Crippen LogP contribution in [0.15, 0.2) is 62.2 Å². The van der Waals surface area contributed by atoms with Gasteiger partial charge in [-0.25, -0.2) is 0 Å². The number of rotatable bonds is 6. The number of fused-ring (bicyclic) bond motifs is 1. The number of carbonyl (C=O) groups is 1. The Hall–Kier alpha value is -2.68. The van der Waals surface area contributed by atoms with E-state index in [0.29, 0.717) is 30.7 Å². The molecule has 4 rings (SSSR count). The average molecular weight is 487 g/mol. The molecule has 162 valence electrons. The smallest absolute Gasteiger partial charge is 0.287 e. The summed E-state index contributed by atoms with van der Waals surface area (Å²) in [7, 11) is 1.63. The van der Waals surface area contributed by atoms with Gasteiger partial charge in [0.25, 0.3) is 5.91 Å². The fraction of sp³-hybridized carbons (Fsp3) is 0.304. The number of hydrogen-bond acceptors (Lipinski definition) is 6. The Morgan fingerprint density at radius 3 is 2.61 bits per heavy atom. The predicted molar refractivity (Wildman–Crippen MR) is 121 cm³/mol. The van der Waals surface area contributed by atoms with Gasteiger partial charge >= 0.3 is 0 Å². The summed E-state index contributed by atoms with van der Waals surface area (Å²) in [5, 5.41) is 3.37. The molecule has 8 heteroatoms. The van der Waals surface area contributed by atoms with Crippen LogP contribution in [0.2, 0.25) is 0 Å². The second kappa shape index (κ2) is 9.64. The molecule has 0 radical (unpaired) electrons. The Bertz CT molecular complexity index is 1120. The number of carbonyl (C=O) groups excluding carboxylic acids is 1. The zero-order chi connectivity index (χ0) is 21.8. The minimum atomic E-state index is -0.425. The Labute approximate surface area is 188 Å². The first-order chi connectivity index (χ1) is 15.0. The first kappa shape index (κ1) is 21.5. The van der Waals surface area contributed by atoms with E-state index < -0.39 is 5.91 Å². The summed E-state index contributed by atoms with van der Waals surface area (Å²) >= 11 is 3.36. The molecule has 0 bridgehead atoms. The van der Waals surface area contributed by atoms with Crippen molar-refractivity contribution in [2.45, 2.75) is 6.04 Å². The third-order valence-corrected chi connectivity index (χ3v) is 5.85. The number of nitrogens with one attached hydrogen (secondary N) is 1. The highest BCUT2D eigenvalue weighted by Crippen LogP contribution is 2.24. The summed E-state index contributed by atoms with van der Waals surface area (Å²) in [6.45, 7) is 3.20.